The van der Waals surface area contributed by atoms with Gasteiger partial charge in [0.15, 0.2) is 5.41 Å². The van der Waals surface area contributed by atoms with Crippen molar-refractivity contribution < 1.29 is 14.4 Å². The summed E-state index contributed by atoms with van der Waals surface area (Å²) < 4.78 is 10.6. The molecule has 1 saturated carbocycles. The normalized spacial score (nSPS) is 31.4. The van der Waals surface area contributed by atoms with Gasteiger partial charge in [-0.3, -0.25) is 10.1 Å². The van der Waals surface area contributed by atoms with Crippen LogP contribution in [0.1, 0.15) is 11.5 Å². The number of benzene rings is 1. The lowest BCUT2D eigenvalue weighted by molar-refractivity contribution is -0.384. The molecular formula is C15H12ClN5O4. The average molecular weight is 362 g/mol. The molecule has 0 spiro atoms. The van der Waals surface area contributed by atoms with Crippen LogP contribution in [0.2, 0.25) is 5.02 Å². The van der Waals surface area contributed by atoms with Crippen LogP contribution in [0.4, 0.5) is 5.69 Å². The SMILES string of the molecule is COC1(OC)N=C(N)[C@]2(C#N)[C@@H](c3cc([N+](=O)[O-])ccc3Cl)[C@@]12C#N. The molecule has 1 heterocycles. The zero-order valence-corrected chi connectivity index (χ0v) is 13.9. The number of nitro benzene ring substituents is 1. The summed E-state index contributed by atoms with van der Waals surface area (Å²) in [6, 6.07) is 7.90. The standard InChI is InChI=1S/C15H12ClN5O4/c1-24-15(25-2)14(7-18)11(13(14,6-17)12(19)20-15)9-5-8(21(22)23)3-4-10(9)16/h3-5,11H,1-2H3,(H2,19,20)/t11-,13+,14-/m1/s1. The number of amidine groups is 1. The Morgan fingerprint density at radius 1 is 1.36 bits per heavy atom. The highest BCUT2D eigenvalue weighted by Gasteiger charge is 2.93. The van der Waals surface area contributed by atoms with E-state index in [0.717, 1.165) is 0 Å². The first-order valence-corrected chi connectivity index (χ1v) is 7.42. The van der Waals surface area contributed by atoms with E-state index in [1.807, 2.05) is 6.07 Å². The monoisotopic (exact) mass is 361 g/mol. The fourth-order valence-corrected chi connectivity index (χ4v) is 4.08. The van der Waals surface area contributed by atoms with E-state index in [-0.39, 0.29) is 22.1 Å². The summed E-state index contributed by atoms with van der Waals surface area (Å²) in [5, 5.41) is 31.0. The van der Waals surface area contributed by atoms with Gasteiger partial charge in [0.05, 0.1) is 17.1 Å². The largest absolute Gasteiger partial charge is 0.386 e. The van der Waals surface area contributed by atoms with E-state index >= 15 is 0 Å². The molecule has 2 aliphatic rings. The van der Waals surface area contributed by atoms with Gasteiger partial charge in [-0.2, -0.15) is 10.5 Å². The maximum Gasteiger partial charge on any atom is 0.292 e. The van der Waals surface area contributed by atoms with Crippen LogP contribution in [-0.4, -0.2) is 30.9 Å². The van der Waals surface area contributed by atoms with Crippen molar-refractivity contribution in [1.29, 1.82) is 10.5 Å². The first-order valence-electron chi connectivity index (χ1n) is 7.04. The predicted octanol–water partition coefficient (Wildman–Crippen LogP) is 1.68. The van der Waals surface area contributed by atoms with Crippen LogP contribution in [0, 0.1) is 43.6 Å². The zero-order valence-electron chi connectivity index (χ0n) is 13.2. The quantitative estimate of drug-likeness (QED) is 0.487. The number of hydrogen-bond acceptors (Lipinski definition) is 8. The van der Waals surface area contributed by atoms with E-state index in [1.54, 1.807) is 0 Å². The Kier molecular flexibility index (Phi) is 3.52. The fourth-order valence-electron chi connectivity index (χ4n) is 3.85. The van der Waals surface area contributed by atoms with E-state index in [4.69, 9.17) is 26.8 Å². The molecule has 0 amide bonds. The molecule has 1 aromatic carbocycles. The number of fused-ring (bicyclic) bond motifs is 1. The number of non-ortho nitro benzene ring substituents is 1. The molecule has 3 atom stereocenters. The van der Waals surface area contributed by atoms with E-state index in [1.165, 1.54) is 32.4 Å². The fraction of sp³-hybridized carbons (Fsp3) is 0.400. The van der Waals surface area contributed by atoms with Crippen LogP contribution in [0.15, 0.2) is 23.2 Å². The van der Waals surface area contributed by atoms with Crippen molar-refractivity contribution in [2.45, 2.75) is 11.8 Å². The Hall–Kier alpha value is -2.72. The highest BCUT2D eigenvalue weighted by Crippen LogP contribution is 2.82. The number of methoxy groups -OCH3 is 2. The van der Waals surface area contributed by atoms with Crippen LogP contribution in [-0.2, 0) is 9.47 Å². The summed E-state index contributed by atoms with van der Waals surface area (Å²) >= 11 is 6.21. The molecule has 1 aromatic rings. The van der Waals surface area contributed by atoms with E-state index in [0.29, 0.717) is 0 Å². The number of ether oxygens (including phenoxy) is 2. The van der Waals surface area contributed by atoms with Crippen molar-refractivity contribution in [2.75, 3.05) is 14.2 Å². The maximum absolute atomic E-state index is 11.1. The predicted molar refractivity (Wildman–Crippen MR) is 85.3 cm³/mol. The number of hydrogen-bond donors (Lipinski definition) is 1. The van der Waals surface area contributed by atoms with Crippen molar-refractivity contribution >= 4 is 23.1 Å². The first kappa shape index (κ1) is 17.1. The Morgan fingerprint density at radius 3 is 2.48 bits per heavy atom. The van der Waals surface area contributed by atoms with Gasteiger partial charge in [-0.05, 0) is 11.6 Å². The molecule has 0 aromatic heterocycles. The van der Waals surface area contributed by atoms with E-state index in [9.17, 15) is 20.6 Å². The summed E-state index contributed by atoms with van der Waals surface area (Å²) in [6.45, 7) is 0. The molecule has 0 saturated heterocycles. The van der Waals surface area contributed by atoms with Crippen LogP contribution >= 0.6 is 11.6 Å². The number of nitrogens with zero attached hydrogens (tertiary/aromatic N) is 4. The lowest BCUT2D eigenvalue weighted by atomic mass is 9.93. The minimum atomic E-state index is -1.81. The van der Waals surface area contributed by atoms with Gasteiger partial charge in [0.1, 0.15) is 11.3 Å². The second-order valence-corrected chi connectivity index (χ2v) is 6.13. The minimum Gasteiger partial charge on any atom is -0.386 e. The molecular weight excluding hydrogens is 350 g/mol. The maximum atomic E-state index is 11.1. The minimum absolute atomic E-state index is 0.132. The van der Waals surface area contributed by atoms with Gasteiger partial charge in [-0.15, -0.1) is 0 Å². The Bertz CT molecular complexity index is 900. The summed E-state index contributed by atoms with van der Waals surface area (Å²) in [7, 11) is 2.55. The topological polar surface area (TPSA) is 148 Å². The number of rotatable bonds is 4. The van der Waals surface area contributed by atoms with E-state index < -0.39 is 27.6 Å². The van der Waals surface area contributed by atoms with Gasteiger partial charge in [-0.25, -0.2) is 4.99 Å². The Morgan fingerprint density at radius 2 is 2.00 bits per heavy atom. The average Bonchev–Trinajstić information content (AvgIpc) is 3.17. The molecule has 3 rings (SSSR count). The molecule has 0 unspecified atom stereocenters. The van der Waals surface area contributed by atoms with Gasteiger partial charge in [0, 0.05) is 37.3 Å². The number of aliphatic imine (C=N–C) groups is 1. The number of nitro groups is 1. The summed E-state index contributed by atoms with van der Waals surface area (Å²) in [6.07, 6.45) is 0. The van der Waals surface area contributed by atoms with Crippen LogP contribution < -0.4 is 5.73 Å². The highest BCUT2D eigenvalue weighted by molar-refractivity contribution is 6.31. The molecule has 1 aliphatic carbocycles. The summed E-state index contributed by atoms with van der Waals surface area (Å²) in [5.41, 5.74) is 2.83. The van der Waals surface area contributed by atoms with Crippen molar-refractivity contribution in [3.8, 4) is 12.1 Å². The van der Waals surface area contributed by atoms with Crippen molar-refractivity contribution in [2.24, 2.45) is 21.6 Å². The third-order valence-corrected chi connectivity index (χ3v) is 5.33. The number of nitriles is 2. The molecule has 25 heavy (non-hydrogen) atoms. The third-order valence-electron chi connectivity index (χ3n) is 4.98. The summed E-state index contributed by atoms with van der Waals surface area (Å²) in [5.74, 6) is -2.83. The second-order valence-electron chi connectivity index (χ2n) is 5.72. The van der Waals surface area contributed by atoms with Gasteiger partial charge in [-0.1, -0.05) is 11.6 Å². The lowest BCUT2D eigenvalue weighted by Gasteiger charge is -2.29. The zero-order chi connectivity index (χ0) is 18.6. The highest BCUT2D eigenvalue weighted by atomic mass is 35.5. The van der Waals surface area contributed by atoms with E-state index in [2.05, 4.69) is 11.1 Å². The van der Waals surface area contributed by atoms with Crippen molar-refractivity contribution in [3.63, 3.8) is 0 Å². The number of halogens is 1. The molecule has 1 fully saturated rings. The van der Waals surface area contributed by atoms with Crippen LogP contribution in [0.3, 0.4) is 0 Å². The van der Waals surface area contributed by atoms with Crippen molar-refractivity contribution in [3.05, 3.63) is 38.9 Å². The van der Waals surface area contributed by atoms with Crippen molar-refractivity contribution in [1.82, 2.24) is 0 Å². The van der Waals surface area contributed by atoms with Gasteiger partial charge < -0.3 is 15.2 Å². The Balaban J connectivity index is 2.29. The van der Waals surface area contributed by atoms with Crippen LogP contribution in [0.5, 0.6) is 0 Å². The first-order chi connectivity index (χ1) is 11.8. The molecule has 9 nitrogen and oxygen atoms in total. The molecule has 128 valence electrons. The van der Waals surface area contributed by atoms with Gasteiger partial charge >= 0.3 is 0 Å². The molecule has 0 bridgehead atoms. The number of nitrogens with two attached hydrogens (primary N) is 1. The molecule has 10 heteroatoms. The molecule has 2 N–H and O–H groups in total. The third kappa shape index (κ3) is 1.65. The van der Waals surface area contributed by atoms with Gasteiger partial charge in [0.2, 0.25) is 0 Å². The molecule has 0 radical (unpaired) electrons. The second kappa shape index (κ2) is 5.14. The Labute approximate surface area is 147 Å². The summed E-state index contributed by atoms with van der Waals surface area (Å²) in [4.78, 5) is 14.6. The molecule has 1 aliphatic heterocycles. The van der Waals surface area contributed by atoms with Gasteiger partial charge in [0.25, 0.3) is 11.6 Å². The smallest absolute Gasteiger partial charge is 0.292 e. The van der Waals surface area contributed by atoms with Crippen LogP contribution in [0.25, 0.3) is 0 Å². The lowest BCUT2D eigenvalue weighted by Crippen LogP contribution is -2.41.